The molecule has 0 saturated heterocycles. The Kier molecular flexibility index (Phi) is 6.52. The molecule has 106 valence electrons. The van der Waals surface area contributed by atoms with Gasteiger partial charge in [-0.15, -0.1) is 11.3 Å². The van der Waals surface area contributed by atoms with Crippen LogP contribution in [-0.4, -0.2) is 36.3 Å². The van der Waals surface area contributed by atoms with Crippen LogP contribution in [0.1, 0.15) is 31.2 Å². The van der Waals surface area contributed by atoms with E-state index in [2.05, 4.69) is 5.32 Å². The molecule has 0 spiro atoms. The molecule has 1 unspecified atom stereocenters. The lowest BCUT2D eigenvalue weighted by Gasteiger charge is -2.18. The second kappa shape index (κ2) is 7.91. The van der Waals surface area contributed by atoms with Crippen molar-refractivity contribution in [1.29, 1.82) is 0 Å². The molecule has 6 heteroatoms. The molecule has 0 saturated carbocycles. The van der Waals surface area contributed by atoms with Gasteiger partial charge in [-0.25, -0.2) is 0 Å². The van der Waals surface area contributed by atoms with Crippen LogP contribution in [0.15, 0.2) is 17.5 Å². The largest absolute Gasteiger partial charge is 0.354 e. The first kappa shape index (κ1) is 15.7. The van der Waals surface area contributed by atoms with E-state index in [9.17, 15) is 9.59 Å². The molecule has 0 aromatic carbocycles. The number of carbonyl (C=O) groups is 2. The van der Waals surface area contributed by atoms with Crippen LogP contribution in [0, 0.1) is 0 Å². The third-order valence-corrected chi connectivity index (χ3v) is 3.84. The number of nitrogens with one attached hydrogen (secondary N) is 1. The quantitative estimate of drug-likeness (QED) is 0.787. The Balaban J connectivity index is 2.33. The van der Waals surface area contributed by atoms with Crippen molar-refractivity contribution in [3.8, 4) is 0 Å². The Morgan fingerprint density at radius 2 is 2.11 bits per heavy atom. The molecule has 0 fully saturated rings. The molecule has 0 aliphatic carbocycles. The highest BCUT2D eigenvalue weighted by atomic mass is 32.1. The summed E-state index contributed by atoms with van der Waals surface area (Å²) >= 11 is 1.45. The van der Waals surface area contributed by atoms with Crippen LogP contribution >= 0.6 is 11.3 Å². The maximum absolute atomic E-state index is 11.8. The molecule has 0 aliphatic heterocycles. The fourth-order valence-corrected chi connectivity index (χ4v) is 2.46. The third-order valence-electron chi connectivity index (χ3n) is 2.89. The molecule has 19 heavy (non-hydrogen) atoms. The van der Waals surface area contributed by atoms with Gasteiger partial charge in [-0.1, -0.05) is 6.07 Å². The van der Waals surface area contributed by atoms with Gasteiger partial charge in [-0.05, 0) is 25.3 Å². The average molecular weight is 283 g/mol. The van der Waals surface area contributed by atoms with Gasteiger partial charge in [0.15, 0.2) is 0 Å². The van der Waals surface area contributed by atoms with Crippen molar-refractivity contribution in [2.24, 2.45) is 5.73 Å². The van der Waals surface area contributed by atoms with E-state index in [-0.39, 0.29) is 11.8 Å². The lowest BCUT2D eigenvalue weighted by molar-refractivity contribution is -0.130. The number of carbonyl (C=O) groups excluding carboxylic acids is 2. The highest BCUT2D eigenvalue weighted by Crippen LogP contribution is 2.16. The first-order valence-corrected chi connectivity index (χ1v) is 7.32. The van der Waals surface area contributed by atoms with Gasteiger partial charge in [0.1, 0.15) is 6.04 Å². The molecule has 2 amide bonds. The number of hydrogen-bond acceptors (Lipinski definition) is 4. The summed E-state index contributed by atoms with van der Waals surface area (Å²) in [7, 11) is 0. The van der Waals surface area contributed by atoms with Gasteiger partial charge in [0.25, 0.3) is 0 Å². The van der Waals surface area contributed by atoms with Crippen LogP contribution in [0.4, 0.5) is 0 Å². The number of nitrogens with two attached hydrogens (primary N) is 1. The lowest BCUT2D eigenvalue weighted by Crippen LogP contribution is -2.37. The first-order chi connectivity index (χ1) is 9.10. The van der Waals surface area contributed by atoms with Gasteiger partial charge in [0.2, 0.25) is 11.8 Å². The maximum atomic E-state index is 11.8. The molecule has 1 heterocycles. The molecular weight excluding hydrogens is 262 g/mol. The molecule has 1 rings (SSSR count). The zero-order chi connectivity index (χ0) is 14.3. The average Bonchev–Trinajstić information content (AvgIpc) is 2.93. The summed E-state index contributed by atoms with van der Waals surface area (Å²) in [5.74, 6) is -0.190. The van der Waals surface area contributed by atoms with E-state index in [1.807, 2.05) is 31.4 Å². The van der Waals surface area contributed by atoms with Crippen molar-refractivity contribution >= 4 is 23.2 Å². The molecular formula is C13H21N3O2S. The minimum absolute atomic E-state index is 0.0509. The van der Waals surface area contributed by atoms with Crippen molar-refractivity contribution < 1.29 is 9.59 Å². The number of thiophene rings is 1. The third kappa shape index (κ3) is 4.65. The highest BCUT2D eigenvalue weighted by Gasteiger charge is 2.17. The Labute approximate surface area is 117 Å². The molecule has 1 atom stereocenters. The molecule has 3 N–H and O–H groups in total. The number of nitrogens with zero attached hydrogens (tertiary/aromatic N) is 1. The summed E-state index contributed by atoms with van der Waals surface area (Å²) in [6.07, 6.45) is 0.310. The van der Waals surface area contributed by atoms with Crippen molar-refractivity contribution in [3.63, 3.8) is 0 Å². The van der Waals surface area contributed by atoms with Gasteiger partial charge in [-0.3, -0.25) is 9.59 Å². The predicted molar refractivity (Wildman–Crippen MR) is 76.8 cm³/mol. The number of hydrogen-bond donors (Lipinski definition) is 2. The summed E-state index contributed by atoms with van der Waals surface area (Å²) in [6.45, 7) is 5.59. The minimum atomic E-state index is -0.649. The second-order valence-electron chi connectivity index (χ2n) is 4.10. The highest BCUT2D eigenvalue weighted by molar-refractivity contribution is 7.10. The second-order valence-corrected chi connectivity index (χ2v) is 5.08. The maximum Gasteiger partial charge on any atom is 0.242 e. The summed E-state index contributed by atoms with van der Waals surface area (Å²) in [5, 5.41) is 4.58. The van der Waals surface area contributed by atoms with Crippen LogP contribution in [-0.2, 0) is 9.59 Å². The fourth-order valence-electron chi connectivity index (χ4n) is 1.73. The SMILES string of the molecule is CCN(CC)C(=O)CCNC(=O)C(N)c1cccs1. The monoisotopic (exact) mass is 283 g/mol. The molecule has 0 bridgehead atoms. The minimum Gasteiger partial charge on any atom is -0.354 e. The molecule has 0 aliphatic rings. The molecule has 1 aromatic rings. The van der Waals surface area contributed by atoms with Gasteiger partial charge >= 0.3 is 0 Å². The zero-order valence-corrected chi connectivity index (χ0v) is 12.2. The van der Waals surface area contributed by atoms with Crippen molar-refractivity contribution in [1.82, 2.24) is 10.2 Å². The Bertz CT molecular complexity index is 402. The predicted octanol–water partition coefficient (Wildman–Crippen LogP) is 1.12. The van der Waals surface area contributed by atoms with E-state index in [1.54, 1.807) is 4.90 Å². The topological polar surface area (TPSA) is 75.4 Å². The summed E-state index contributed by atoms with van der Waals surface area (Å²) < 4.78 is 0. The normalized spacial score (nSPS) is 11.9. The van der Waals surface area contributed by atoms with Crippen LogP contribution in [0.3, 0.4) is 0 Å². The van der Waals surface area contributed by atoms with Gasteiger partial charge in [0, 0.05) is 30.9 Å². The molecule has 0 radical (unpaired) electrons. The van der Waals surface area contributed by atoms with Crippen LogP contribution < -0.4 is 11.1 Å². The summed E-state index contributed by atoms with van der Waals surface area (Å²) in [6, 6.07) is 3.04. The smallest absolute Gasteiger partial charge is 0.242 e. The van der Waals surface area contributed by atoms with E-state index in [1.165, 1.54) is 11.3 Å². The fraction of sp³-hybridized carbons (Fsp3) is 0.538. The van der Waals surface area contributed by atoms with E-state index in [4.69, 9.17) is 5.73 Å². The van der Waals surface area contributed by atoms with Crippen molar-refractivity contribution in [2.45, 2.75) is 26.3 Å². The van der Waals surface area contributed by atoms with E-state index in [0.717, 1.165) is 4.88 Å². The van der Waals surface area contributed by atoms with Crippen molar-refractivity contribution in [2.75, 3.05) is 19.6 Å². The summed E-state index contributed by atoms with van der Waals surface area (Å²) in [5.41, 5.74) is 5.82. The standard InChI is InChI=1S/C13H21N3O2S/c1-3-16(4-2)11(17)7-8-15-13(18)12(14)10-6-5-9-19-10/h5-6,9,12H,3-4,7-8,14H2,1-2H3,(H,15,18). The zero-order valence-electron chi connectivity index (χ0n) is 11.4. The molecule has 1 aromatic heterocycles. The Hall–Kier alpha value is -1.40. The van der Waals surface area contributed by atoms with Gasteiger partial charge in [-0.2, -0.15) is 0 Å². The van der Waals surface area contributed by atoms with E-state index < -0.39 is 6.04 Å². The van der Waals surface area contributed by atoms with Crippen LogP contribution in [0.25, 0.3) is 0 Å². The summed E-state index contributed by atoms with van der Waals surface area (Å²) in [4.78, 5) is 26.1. The Morgan fingerprint density at radius 3 is 2.63 bits per heavy atom. The van der Waals surface area contributed by atoms with Gasteiger partial charge in [0.05, 0.1) is 0 Å². The van der Waals surface area contributed by atoms with Crippen LogP contribution in [0.2, 0.25) is 0 Å². The van der Waals surface area contributed by atoms with Gasteiger partial charge < -0.3 is 16.0 Å². The number of rotatable bonds is 7. The van der Waals surface area contributed by atoms with Crippen molar-refractivity contribution in [3.05, 3.63) is 22.4 Å². The first-order valence-electron chi connectivity index (χ1n) is 6.44. The van der Waals surface area contributed by atoms with E-state index in [0.29, 0.717) is 26.1 Å². The lowest BCUT2D eigenvalue weighted by atomic mass is 10.2. The molecule has 5 nitrogen and oxygen atoms in total. The Morgan fingerprint density at radius 1 is 1.42 bits per heavy atom. The van der Waals surface area contributed by atoms with Crippen LogP contribution in [0.5, 0.6) is 0 Å². The number of amides is 2. The van der Waals surface area contributed by atoms with E-state index >= 15 is 0 Å².